The van der Waals surface area contributed by atoms with E-state index in [1.54, 1.807) is 18.3 Å². The van der Waals surface area contributed by atoms with E-state index in [-0.39, 0.29) is 6.04 Å². The zero-order chi connectivity index (χ0) is 17.6. The molecule has 2 aromatic rings. The van der Waals surface area contributed by atoms with E-state index in [4.69, 9.17) is 0 Å². The molecule has 0 aliphatic heterocycles. The van der Waals surface area contributed by atoms with Gasteiger partial charge in [-0.15, -0.1) is 0 Å². The summed E-state index contributed by atoms with van der Waals surface area (Å²) in [6, 6.07) is 16.4. The van der Waals surface area contributed by atoms with E-state index >= 15 is 0 Å². The van der Waals surface area contributed by atoms with Crippen LogP contribution in [0.2, 0.25) is 0 Å². The second kappa shape index (κ2) is 8.22. The van der Waals surface area contributed by atoms with Crippen molar-refractivity contribution in [3.8, 4) is 0 Å². The lowest BCUT2D eigenvalue weighted by Crippen LogP contribution is -2.05. The molecule has 0 fully saturated rings. The number of aryl methyl sites for hydroxylation is 1. The maximum atomic E-state index is 11.4. The molecule has 128 valence electrons. The maximum Gasteiger partial charge on any atom is 0.175 e. The summed E-state index contributed by atoms with van der Waals surface area (Å²) in [5.74, 6) is 0. The first kappa shape index (κ1) is 18.4. The predicted molar refractivity (Wildman–Crippen MR) is 97.2 cm³/mol. The van der Waals surface area contributed by atoms with E-state index in [0.29, 0.717) is 4.90 Å². The van der Waals surface area contributed by atoms with Crippen LogP contribution >= 0.6 is 0 Å². The van der Waals surface area contributed by atoms with Gasteiger partial charge in [-0.05, 0) is 43.0 Å². The molecule has 2 unspecified atom stereocenters. The Balaban J connectivity index is 1.87. The molecule has 0 saturated carbocycles. The molecule has 0 radical (unpaired) electrons. The number of nitrogens with zero attached hydrogens (tertiary/aromatic N) is 1. The van der Waals surface area contributed by atoms with Crippen molar-refractivity contribution >= 4 is 16.1 Å². The van der Waals surface area contributed by atoms with Gasteiger partial charge in [0.2, 0.25) is 0 Å². The van der Waals surface area contributed by atoms with Crippen LogP contribution in [-0.4, -0.2) is 32.0 Å². The zero-order valence-electron chi connectivity index (χ0n) is 14.0. The Morgan fingerprint density at radius 1 is 1.08 bits per heavy atom. The lowest BCUT2D eigenvalue weighted by Gasteiger charge is -2.09. The Morgan fingerprint density at radius 2 is 1.71 bits per heavy atom. The predicted octanol–water partition coefficient (Wildman–Crippen LogP) is 3.22. The summed E-state index contributed by atoms with van der Waals surface area (Å²) in [5, 5.41) is 10.1. The summed E-state index contributed by atoms with van der Waals surface area (Å²) in [4.78, 5) is 4.74. The molecule has 0 aliphatic carbocycles. The molecule has 1 N–H and O–H groups in total. The van der Waals surface area contributed by atoms with Crippen molar-refractivity contribution in [2.24, 2.45) is 4.99 Å². The third-order valence-corrected chi connectivity index (χ3v) is 4.95. The van der Waals surface area contributed by atoms with Crippen molar-refractivity contribution in [2.75, 3.05) is 6.26 Å². The molecule has 24 heavy (non-hydrogen) atoms. The number of aliphatic imine (C=N–C) groups is 1. The van der Waals surface area contributed by atoms with Crippen molar-refractivity contribution in [3.05, 3.63) is 65.7 Å². The molecule has 2 atom stereocenters. The van der Waals surface area contributed by atoms with E-state index in [1.807, 2.05) is 49.4 Å². The minimum absolute atomic E-state index is 0.0814. The van der Waals surface area contributed by atoms with Crippen molar-refractivity contribution in [1.82, 2.24) is 0 Å². The molecule has 2 rings (SSSR count). The Hall–Kier alpha value is -1.98. The fourth-order valence-corrected chi connectivity index (χ4v) is 2.95. The van der Waals surface area contributed by atoms with Crippen molar-refractivity contribution < 1.29 is 13.5 Å². The monoisotopic (exact) mass is 345 g/mol. The Labute approximate surface area is 143 Å². The number of sulfone groups is 1. The summed E-state index contributed by atoms with van der Waals surface area (Å²) in [6.45, 7) is 2.00. The molecule has 0 amide bonds. The third-order valence-electron chi connectivity index (χ3n) is 3.83. The summed E-state index contributed by atoms with van der Waals surface area (Å²) < 4.78 is 22.9. The van der Waals surface area contributed by atoms with Gasteiger partial charge in [-0.2, -0.15) is 0 Å². The second-order valence-corrected chi connectivity index (χ2v) is 7.97. The van der Waals surface area contributed by atoms with Gasteiger partial charge in [-0.1, -0.05) is 42.5 Å². The lowest BCUT2D eigenvalue weighted by atomic mass is 10.1. The van der Waals surface area contributed by atoms with Crippen molar-refractivity contribution in [1.29, 1.82) is 0 Å². The van der Waals surface area contributed by atoms with Crippen LogP contribution in [0.5, 0.6) is 0 Å². The van der Waals surface area contributed by atoms with Gasteiger partial charge in [0.15, 0.2) is 9.84 Å². The van der Waals surface area contributed by atoms with Crippen LogP contribution in [0.1, 0.15) is 30.6 Å². The molecule has 0 saturated heterocycles. The van der Waals surface area contributed by atoms with Crippen LogP contribution in [-0.2, 0) is 16.3 Å². The van der Waals surface area contributed by atoms with Crippen molar-refractivity contribution in [2.45, 2.75) is 36.8 Å². The fourth-order valence-electron chi connectivity index (χ4n) is 2.32. The molecular weight excluding hydrogens is 322 g/mol. The smallest absolute Gasteiger partial charge is 0.175 e. The largest absolute Gasteiger partial charge is 0.383 e. The first-order valence-electron chi connectivity index (χ1n) is 7.91. The molecule has 0 aliphatic rings. The highest BCUT2D eigenvalue weighted by molar-refractivity contribution is 7.90. The molecule has 5 heteroatoms. The van der Waals surface area contributed by atoms with Gasteiger partial charge in [0.05, 0.1) is 4.90 Å². The number of benzene rings is 2. The lowest BCUT2D eigenvalue weighted by molar-refractivity contribution is 0.252. The van der Waals surface area contributed by atoms with Gasteiger partial charge >= 0.3 is 0 Å². The van der Waals surface area contributed by atoms with E-state index in [1.165, 1.54) is 6.26 Å². The van der Waals surface area contributed by atoms with Crippen LogP contribution in [0.25, 0.3) is 0 Å². The van der Waals surface area contributed by atoms with Gasteiger partial charge in [0, 0.05) is 18.5 Å². The molecule has 2 aromatic carbocycles. The van der Waals surface area contributed by atoms with Crippen LogP contribution in [0.3, 0.4) is 0 Å². The van der Waals surface area contributed by atoms with Crippen LogP contribution in [0, 0.1) is 0 Å². The maximum absolute atomic E-state index is 11.4. The molecule has 0 heterocycles. The van der Waals surface area contributed by atoms with E-state index in [2.05, 4.69) is 4.99 Å². The summed E-state index contributed by atoms with van der Waals surface area (Å²) in [5.41, 5.74) is 1.90. The minimum Gasteiger partial charge on any atom is -0.383 e. The molecule has 0 spiro atoms. The Kier molecular flexibility index (Phi) is 6.29. The van der Waals surface area contributed by atoms with Gasteiger partial charge < -0.3 is 5.11 Å². The number of hydrogen-bond donors (Lipinski definition) is 1. The average molecular weight is 345 g/mol. The number of aliphatic hydroxyl groups excluding tert-OH is 1. The van der Waals surface area contributed by atoms with Crippen LogP contribution in [0.15, 0.2) is 64.5 Å². The Bertz CT molecular complexity index is 768. The quantitative estimate of drug-likeness (QED) is 0.784. The van der Waals surface area contributed by atoms with Gasteiger partial charge in [-0.25, -0.2) is 8.42 Å². The molecule has 0 aromatic heterocycles. The molecule has 4 nitrogen and oxygen atoms in total. The minimum atomic E-state index is -3.15. The van der Waals surface area contributed by atoms with Crippen LogP contribution < -0.4 is 0 Å². The number of aliphatic hydroxyl groups is 1. The highest BCUT2D eigenvalue weighted by Gasteiger charge is 2.07. The standard InChI is InChI=1S/C19H23NO3S/c1-15(20-14-19(21)17-6-4-3-5-7-17)8-9-16-10-12-18(13-11-16)24(2,22)23/h3-7,10-15,19,21H,8-9H2,1-2H3. The molecule has 0 bridgehead atoms. The first-order chi connectivity index (χ1) is 11.4. The third kappa shape index (κ3) is 5.58. The van der Waals surface area contributed by atoms with E-state index in [0.717, 1.165) is 24.0 Å². The SMILES string of the molecule is CC(CCc1ccc(S(C)(=O)=O)cc1)N=CC(O)c1ccccc1. The zero-order valence-corrected chi connectivity index (χ0v) is 14.8. The highest BCUT2D eigenvalue weighted by atomic mass is 32.2. The summed E-state index contributed by atoms with van der Waals surface area (Å²) in [6.07, 6.45) is 3.73. The van der Waals surface area contributed by atoms with E-state index in [9.17, 15) is 13.5 Å². The van der Waals surface area contributed by atoms with Crippen molar-refractivity contribution in [3.63, 3.8) is 0 Å². The van der Waals surface area contributed by atoms with Crippen LogP contribution in [0.4, 0.5) is 0 Å². The first-order valence-corrected chi connectivity index (χ1v) is 9.80. The average Bonchev–Trinajstić information content (AvgIpc) is 2.58. The highest BCUT2D eigenvalue weighted by Crippen LogP contribution is 2.14. The second-order valence-electron chi connectivity index (χ2n) is 5.96. The van der Waals surface area contributed by atoms with Gasteiger partial charge in [-0.3, -0.25) is 4.99 Å². The number of rotatable bonds is 7. The topological polar surface area (TPSA) is 66.7 Å². The summed E-state index contributed by atoms with van der Waals surface area (Å²) >= 11 is 0. The summed E-state index contributed by atoms with van der Waals surface area (Å²) in [7, 11) is -3.15. The normalized spacial score (nSPS) is 14.6. The van der Waals surface area contributed by atoms with Gasteiger partial charge in [0.25, 0.3) is 0 Å². The van der Waals surface area contributed by atoms with E-state index < -0.39 is 15.9 Å². The number of hydrogen-bond acceptors (Lipinski definition) is 4. The fraction of sp³-hybridized carbons (Fsp3) is 0.316. The molecular formula is C19H23NO3S. The Morgan fingerprint density at radius 3 is 2.29 bits per heavy atom. The van der Waals surface area contributed by atoms with Gasteiger partial charge in [0.1, 0.15) is 6.10 Å².